The topological polar surface area (TPSA) is 39.1 Å². The monoisotopic (exact) mass is 309 g/mol. The van der Waals surface area contributed by atoms with E-state index in [2.05, 4.69) is 54.7 Å². The molecule has 1 N–H and O–H groups in total. The van der Waals surface area contributed by atoms with Gasteiger partial charge in [0.2, 0.25) is 0 Å². The minimum Gasteiger partial charge on any atom is -0.496 e. The van der Waals surface area contributed by atoms with Crippen molar-refractivity contribution in [2.75, 3.05) is 7.11 Å². The fraction of sp³-hybridized carbons (Fsp3) is 0.316. The van der Waals surface area contributed by atoms with Crippen LogP contribution in [0.5, 0.6) is 5.75 Å². The lowest BCUT2D eigenvalue weighted by Crippen LogP contribution is -2.22. The van der Waals surface area contributed by atoms with Gasteiger partial charge in [-0.1, -0.05) is 30.3 Å². The number of hydrogen-bond donors (Lipinski definition) is 1. The van der Waals surface area contributed by atoms with Gasteiger partial charge in [0.05, 0.1) is 13.3 Å². The molecule has 0 radical (unpaired) electrons. The molecule has 3 aromatic rings. The molecule has 23 heavy (non-hydrogen) atoms. The second-order valence-corrected chi connectivity index (χ2v) is 5.96. The van der Waals surface area contributed by atoms with Crippen LogP contribution in [0.1, 0.15) is 37.1 Å². The highest BCUT2D eigenvalue weighted by Crippen LogP contribution is 2.32. The van der Waals surface area contributed by atoms with E-state index in [0.717, 1.165) is 11.1 Å². The molecule has 4 heteroatoms. The molecule has 1 aromatic heterocycles. The smallest absolute Gasteiger partial charge is 0.126 e. The molecule has 1 heterocycles. The highest BCUT2D eigenvalue weighted by Gasteiger charge is 2.15. The SMILES string of the molecule is COc1ccc([C@H](C)N[C@@H](C)c2cnn(C)c2)c2ccccc12. The van der Waals surface area contributed by atoms with Gasteiger partial charge in [-0.15, -0.1) is 0 Å². The van der Waals surface area contributed by atoms with Gasteiger partial charge in [0.15, 0.2) is 0 Å². The first-order valence-corrected chi connectivity index (χ1v) is 7.90. The van der Waals surface area contributed by atoms with E-state index in [0.29, 0.717) is 0 Å². The van der Waals surface area contributed by atoms with Gasteiger partial charge in [-0.25, -0.2) is 0 Å². The van der Waals surface area contributed by atoms with Gasteiger partial charge in [-0.05, 0) is 30.9 Å². The lowest BCUT2D eigenvalue weighted by atomic mass is 9.98. The minimum atomic E-state index is 0.223. The largest absolute Gasteiger partial charge is 0.496 e. The molecule has 0 aliphatic rings. The maximum Gasteiger partial charge on any atom is 0.126 e. The van der Waals surface area contributed by atoms with Crippen LogP contribution in [0.25, 0.3) is 10.8 Å². The van der Waals surface area contributed by atoms with Crippen LogP contribution in [-0.4, -0.2) is 16.9 Å². The third kappa shape index (κ3) is 3.08. The Bertz CT molecular complexity index is 809. The van der Waals surface area contributed by atoms with Crippen molar-refractivity contribution in [3.63, 3.8) is 0 Å². The molecule has 0 spiro atoms. The first-order chi connectivity index (χ1) is 11.1. The van der Waals surface area contributed by atoms with Crippen LogP contribution < -0.4 is 10.1 Å². The quantitative estimate of drug-likeness (QED) is 0.774. The van der Waals surface area contributed by atoms with Crippen molar-refractivity contribution in [1.82, 2.24) is 15.1 Å². The number of nitrogens with zero attached hydrogens (tertiary/aromatic N) is 2. The maximum atomic E-state index is 5.48. The van der Waals surface area contributed by atoms with E-state index in [1.54, 1.807) is 7.11 Å². The van der Waals surface area contributed by atoms with E-state index in [-0.39, 0.29) is 12.1 Å². The highest BCUT2D eigenvalue weighted by atomic mass is 16.5. The van der Waals surface area contributed by atoms with E-state index in [1.807, 2.05) is 30.1 Å². The van der Waals surface area contributed by atoms with Crippen LogP contribution >= 0.6 is 0 Å². The van der Waals surface area contributed by atoms with Crippen molar-refractivity contribution in [1.29, 1.82) is 0 Å². The zero-order valence-electron chi connectivity index (χ0n) is 14.1. The molecule has 0 saturated carbocycles. The fourth-order valence-corrected chi connectivity index (χ4v) is 3.08. The zero-order valence-corrected chi connectivity index (χ0v) is 14.1. The Morgan fingerprint density at radius 1 is 1.04 bits per heavy atom. The Morgan fingerprint density at radius 2 is 1.78 bits per heavy atom. The van der Waals surface area contributed by atoms with Crippen LogP contribution in [0.2, 0.25) is 0 Å². The van der Waals surface area contributed by atoms with Gasteiger partial charge in [0.25, 0.3) is 0 Å². The van der Waals surface area contributed by atoms with E-state index >= 15 is 0 Å². The van der Waals surface area contributed by atoms with Crippen molar-refractivity contribution >= 4 is 10.8 Å². The van der Waals surface area contributed by atoms with E-state index in [9.17, 15) is 0 Å². The molecule has 0 saturated heterocycles. The molecule has 0 aliphatic carbocycles. The fourth-order valence-electron chi connectivity index (χ4n) is 3.08. The Labute approximate surface area is 137 Å². The molecular formula is C19H23N3O. The molecule has 2 atom stereocenters. The number of aryl methyl sites for hydroxylation is 1. The van der Waals surface area contributed by atoms with Gasteiger partial charge in [-0.2, -0.15) is 5.10 Å². The molecule has 0 unspecified atom stereocenters. The molecule has 0 fully saturated rings. The average molecular weight is 309 g/mol. The maximum absolute atomic E-state index is 5.48. The summed E-state index contributed by atoms with van der Waals surface area (Å²) in [7, 11) is 3.66. The summed E-state index contributed by atoms with van der Waals surface area (Å²) >= 11 is 0. The summed E-state index contributed by atoms with van der Waals surface area (Å²) in [6.07, 6.45) is 3.97. The van der Waals surface area contributed by atoms with E-state index < -0.39 is 0 Å². The summed E-state index contributed by atoms with van der Waals surface area (Å²) in [4.78, 5) is 0. The van der Waals surface area contributed by atoms with Crippen molar-refractivity contribution < 1.29 is 4.74 Å². The first-order valence-electron chi connectivity index (χ1n) is 7.90. The summed E-state index contributed by atoms with van der Waals surface area (Å²) in [5.74, 6) is 0.914. The molecule has 0 amide bonds. The average Bonchev–Trinajstić information content (AvgIpc) is 3.00. The first kappa shape index (κ1) is 15.6. The predicted molar refractivity (Wildman–Crippen MR) is 93.7 cm³/mol. The van der Waals surface area contributed by atoms with E-state index in [4.69, 9.17) is 4.74 Å². The predicted octanol–water partition coefficient (Wildman–Crippen LogP) is 3.99. The second kappa shape index (κ2) is 6.42. The van der Waals surface area contributed by atoms with Crippen LogP contribution in [0, 0.1) is 0 Å². The van der Waals surface area contributed by atoms with E-state index in [1.165, 1.54) is 16.5 Å². The standard InChI is InChI=1S/C19H23N3O/c1-13(15-11-20-22(3)12-15)21-14(2)16-9-10-19(23-4)18-8-6-5-7-17(16)18/h5-14,21H,1-4H3/t13-,14-/m0/s1. The summed E-state index contributed by atoms with van der Waals surface area (Å²) in [5, 5.41) is 10.3. The number of nitrogens with one attached hydrogen (secondary N) is 1. The molecule has 2 aromatic carbocycles. The van der Waals surface area contributed by atoms with Gasteiger partial charge in [0.1, 0.15) is 5.75 Å². The summed E-state index contributed by atoms with van der Waals surface area (Å²) < 4.78 is 7.32. The number of aromatic nitrogens is 2. The van der Waals surface area contributed by atoms with Crippen molar-refractivity contribution in [2.24, 2.45) is 7.05 Å². The Kier molecular flexibility index (Phi) is 4.35. The molecule has 0 bridgehead atoms. The van der Waals surface area contributed by atoms with Crippen LogP contribution in [0.3, 0.4) is 0 Å². The Hall–Kier alpha value is -2.33. The number of ether oxygens (including phenoxy) is 1. The Balaban J connectivity index is 1.90. The van der Waals surface area contributed by atoms with Gasteiger partial charge >= 0.3 is 0 Å². The molecular weight excluding hydrogens is 286 g/mol. The lowest BCUT2D eigenvalue weighted by molar-refractivity contribution is 0.419. The number of fused-ring (bicyclic) bond motifs is 1. The van der Waals surface area contributed by atoms with Crippen LogP contribution in [0.15, 0.2) is 48.8 Å². The van der Waals surface area contributed by atoms with Gasteiger partial charge in [-0.3, -0.25) is 4.68 Å². The van der Waals surface area contributed by atoms with Gasteiger partial charge in [0, 0.05) is 36.3 Å². The second-order valence-electron chi connectivity index (χ2n) is 5.96. The van der Waals surface area contributed by atoms with Crippen molar-refractivity contribution in [3.05, 3.63) is 59.9 Å². The number of hydrogen-bond acceptors (Lipinski definition) is 3. The highest BCUT2D eigenvalue weighted by molar-refractivity contribution is 5.91. The van der Waals surface area contributed by atoms with Crippen molar-refractivity contribution in [2.45, 2.75) is 25.9 Å². The van der Waals surface area contributed by atoms with Crippen LogP contribution in [-0.2, 0) is 7.05 Å². The summed E-state index contributed by atoms with van der Waals surface area (Å²) in [5.41, 5.74) is 2.47. The number of rotatable bonds is 5. The molecule has 120 valence electrons. The lowest BCUT2D eigenvalue weighted by Gasteiger charge is -2.21. The molecule has 3 rings (SSSR count). The Morgan fingerprint density at radius 3 is 2.43 bits per heavy atom. The third-order valence-corrected chi connectivity index (χ3v) is 4.33. The summed E-state index contributed by atoms with van der Waals surface area (Å²) in [6.45, 7) is 4.36. The minimum absolute atomic E-state index is 0.223. The van der Waals surface area contributed by atoms with Crippen LogP contribution in [0.4, 0.5) is 0 Å². The summed E-state index contributed by atoms with van der Waals surface area (Å²) in [6, 6.07) is 13.0. The normalized spacial score (nSPS) is 13.9. The number of benzene rings is 2. The third-order valence-electron chi connectivity index (χ3n) is 4.33. The zero-order chi connectivity index (χ0) is 16.4. The molecule has 0 aliphatic heterocycles. The number of methoxy groups -OCH3 is 1. The van der Waals surface area contributed by atoms with Gasteiger partial charge < -0.3 is 10.1 Å². The van der Waals surface area contributed by atoms with Crippen molar-refractivity contribution in [3.8, 4) is 5.75 Å². The molecule has 4 nitrogen and oxygen atoms in total.